The Labute approximate surface area is 150 Å². The summed E-state index contributed by atoms with van der Waals surface area (Å²) in [4.78, 5) is 0. The number of aliphatic hydroxyl groups excluding tert-OH is 2. The number of hydrogen-bond donors (Lipinski definition) is 4. The molecule has 0 aliphatic heterocycles. The molecule has 0 aromatic rings. The predicted octanol–water partition coefficient (Wildman–Crippen LogP) is 3.57. The van der Waals surface area contributed by atoms with E-state index in [1.165, 1.54) is 5.57 Å². The number of fused-ring (bicyclic) bond motifs is 5. The number of nitrogens with one attached hydrogen (secondary N) is 2. The highest BCUT2D eigenvalue weighted by molar-refractivity contribution is 5.97. The van der Waals surface area contributed by atoms with Crippen LogP contribution in [0.3, 0.4) is 0 Å². The van der Waals surface area contributed by atoms with Crippen molar-refractivity contribution in [2.75, 3.05) is 0 Å². The first-order valence-electron chi connectivity index (χ1n) is 9.89. The molecule has 0 aromatic carbocycles. The van der Waals surface area contributed by atoms with Gasteiger partial charge < -0.3 is 21.0 Å². The molecule has 8 atom stereocenters. The van der Waals surface area contributed by atoms with Gasteiger partial charge in [0.1, 0.15) is 0 Å². The second-order valence-corrected chi connectivity index (χ2v) is 9.70. The first-order chi connectivity index (χ1) is 11.7. The quantitative estimate of drug-likeness (QED) is 0.548. The zero-order valence-electron chi connectivity index (χ0n) is 15.7. The van der Waals surface area contributed by atoms with Crippen LogP contribution in [0.5, 0.6) is 0 Å². The summed E-state index contributed by atoms with van der Waals surface area (Å²) in [6.45, 7) is 6.57. The van der Waals surface area contributed by atoms with Gasteiger partial charge in [0.05, 0.1) is 12.2 Å². The summed E-state index contributed by atoms with van der Waals surface area (Å²) >= 11 is 0. The Hall–Kier alpha value is -1.00. The highest BCUT2D eigenvalue weighted by Crippen LogP contribution is 2.65. The molecule has 4 aliphatic carbocycles. The molecule has 0 heterocycles. The zero-order valence-corrected chi connectivity index (χ0v) is 15.7. The molecule has 0 spiro atoms. The molecule has 4 N–H and O–H groups in total. The predicted molar refractivity (Wildman–Crippen MR) is 99.1 cm³/mol. The lowest BCUT2D eigenvalue weighted by Crippen LogP contribution is -2.55. The minimum Gasteiger partial charge on any atom is -0.390 e. The molecule has 25 heavy (non-hydrogen) atoms. The fraction of sp³-hybridized carbons (Fsp3) is 0.810. The average Bonchev–Trinajstić information content (AvgIpc) is 2.88. The first-order valence-corrected chi connectivity index (χ1v) is 9.89. The van der Waals surface area contributed by atoms with Crippen LogP contribution in [-0.2, 0) is 0 Å². The summed E-state index contributed by atoms with van der Waals surface area (Å²) in [6, 6.07) is 0. The van der Waals surface area contributed by atoms with E-state index in [0.29, 0.717) is 36.3 Å². The Morgan fingerprint density at radius 2 is 1.72 bits per heavy atom. The van der Waals surface area contributed by atoms with Crippen molar-refractivity contribution in [1.82, 2.24) is 0 Å². The number of aliphatic hydroxyl groups is 2. The van der Waals surface area contributed by atoms with Crippen LogP contribution in [0, 0.1) is 45.3 Å². The molecule has 0 aromatic heterocycles. The normalized spacial score (nSPS) is 52.0. The first kappa shape index (κ1) is 17.4. The van der Waals surface area contributed by atoms with Crippen molar-refractivity contribution >= 4 is 11.4 Å². The van der Waals surface area contributed by atoms with Crippen LogP contribution in [0.25, 0.3) is 0 Å². The summed E-state index contributed by atoms with van der Waals surface area (Å²) in [5.41, 5.74) is 2.93. The van der Waals surface area contributed by atoms with Crippen molar-refractivity contribution < 1.29 is 10.2 Å². The van der Waals surface area contributed by atoms with E-state index in [-0.39, 0.29) is 16.7 Å². The van der Waals surface area contributed by atoms with E-state index in [4.69, 9.17) is 10.8 Å². The lowest BCUT2D eigenvalue weighted by Gasteiger charge is -2.58. The van der Waals surface area contributed by atoms with Gasteiger partial charge in [0.2, 0.25) is 0 Å². The van der Waals surface area contributed by atoms with Gasteiger partial charge in [-0.15, -0.1) is 0 Å². The topological polar surface area (TPSA) is 88.2 Å². The minimum atomic E-state index is -0.696. The Bertz CT molecular complexity index is 656. The van der Waals surface area contributed by atoms with Crippen molar-refractivity contribution in [3.63, 3.8) is 0 Å². The molecule has 4 heteroatoms. The van der Waals surface area contributed by atoms with Crippen LogP contribution in [0.2, 0.25) is 0 Å². The van der Waals surface area contributed by atoms with Crippen LogP contribution in [0.4, 0.5) is 0 Å². The van der Waals surface area contributed by atoms with Crippen molar-refractivity contribution in [1.29, 1.82) is 10.8 Å². The summed E-state index contributed by atoms with van der Waals surface area (Å²) in [5, 5.41) is 37.4. The molecule has 0 bridgehead atoms. The van der Waals surface area contributed by atoms with Crippen molar-refractivity contribution in [3.8, 4) is 0 Å². The lowest BCUT2D eigenvalue weighted by atomic mass is 9.47. The van der Waals surface area contributed by atoms with Gasteiger partial charge in [-0.3, -0.25) is 0 Å². The smallest absolute Gasteiger partial charge is 0.0805 e. The van der Waals surface area contributed by atoms with Gasteiger partial charge in [0.15, 0.2) is 0 Å². The van der Waals surface area contributed by atoms with Gasteiger partial charge in [-0.25, -0.2) is 0 Å². The third-order valence-corrected chi connectivity index (χ3v) is 8.50. The molecule has 4 aliphatic rings. The second-order valence-electron chi connectivity index (χ2n) is 9.70. The maximum Gasteiger partial charge on any atom is 0.0805 e. The number of rotatable bonds is 1. The molecule has 4 rings (SSSR count). The Kier molecular flexibility index (Phi) is 3.83. The molecule has 3 fully saturated rings. The standard InChI is InChI=1S/C21H32N2O2/c1-11(22)13-4-5-14-12-8-17(23)16-9-18(24)19(25)10-21(16,3)15(12)6-7-20(13,14)2/h8,13-16,18-19,22-25H,4-7,9-10H2,1-3H3. The Morgan fingerprint density at radius 3 is 2.40 bits per heavy atom. The van der Waals surface area contributed by atoms with Crippen LogP contribution >= 0.6 is 0 Å². The Morgan fingerprint density at radius 1 is 1.04 bits per heavy atom. The third kappa shape index (κ3) is 2.26. The highest BCUT2D eigenvalue weighted by Gasteiger charge is 2.59. The van der Waals surface area contributed by atoms with Crippen LogP contribution in [-0.4, -0.2) is 33.8 Å². The van der Waals surface area contributed by atoms with E-state index in [1.807, 2.05) is 6.92 Å². The molecular formula is C21H32N2O2. The van der Waals surface area contributed by atoms with Crippen molar-refractivity contribution in [2.45, 2.75) is 71.5 Å². The molecule has 0 radical (unpaired) electrons. The molecule has 8 unspecified atom stereocenters. The lowest BCUT2D eigenvalue weighted by molar-refractivity contribution is -0.0877. The van der Waals surface area contributed by atoms with E-state index in [2.05, 4.69) is 19.9 Å². The molecule has 0 amide bonds. The average molecular weight is 344 g/mol. The molecule has 3 saturated carbocycles. The summed E-state index contributed by atoms with van der Waals surface area (Å²) in [5.74, 6) is 1.32. The molecule has 0 saturated heterocycles. The van der Waals surface area contributed by atoms with Gasteiger partial charge in [0.25, 0.3) is 0 Å². The van der Waals surface area contributed by atoms with Gasteiger partial charge >= 0.3 is 0 Å². The van der Waals surface area contributed by atoms with Crippen molar-refractivity contribution in [2.24, 2.45) is 34.5 Å². The summed E-state index contributed by atoms with van der Waals surface area (Å²) < 4.78 is 0. The zero-order chi connectivity index (χ0) is 18.1. The maximum atomic E-state index is 10.3. The van der Waals surface area contributed by atoms with Crippen molar-refractivity contribution in [3.05, 3.63) is 11.6 Å². The van der Waals surface area contributed by atoms with E-state index in [0.717, 1.165) is 31.4 Å². The van der Waals surface area contributed by atoms with Crippen LogP contribution in [0.1, 0.15) is 59.3 Å². The van der Waals surface area contributed by atoms with E-state index in [9.17, 15) is 10.2 Å². The largest absolute Gasteiger partial charge is 0.390 e. The fourth-order valence-electron chi connectivity index (χ4n) is 7.16. The van der Waals surface area contributed by atoms with Gasteiger partial charge in [-0.2, -0.15) is 0 Å². The monoisotopic (exact) mass is 344 g/mol. The van der Waals surface area contributed by atoms with Gasteiger partial charge in [0, 0.05) is 23.3 Å². The third-order valence-electron chi connectivity index (χ3n) is 8.50. The van der Waals surface area contributed by atoms with E-state index < -0.39 is 12.2 Å². The number of allylic oxidation sites excluding steroid dienone is 2. The second kappa shape index (κ2) is 5.50. The summed E-state index contributed by atoms with van der Waals surface area (Å²) in [7, 11) is 0. The fourth-order valence-corrected chi connectivity index (χ4v) is 7.16. The van der Waals surface area contributed by atoms with Gasteiger partial charge in [-0.05, 0) is 74.2 Å². The van der Waals surface area contributed by atoms with Crippen LogP contribution < -0.4 is 0 Å². The van der Waals surface area contributed by atoms with Crippen LogP contribution in [0.15, 0.2) is 11.6 Å². The number of hydrogen-bond acceptors (Lipinski definition) is 4. The highest BCUT2D eigenvalue weighted by atomic mass is 16.3. The molecule has 138 valence electrons. The molecular weight excluding hydrogens is 312 g/mol. The van der Waals surface area contributed by atoms with Gasteiger partial charge in [-0.1, -0.05) is 19.4 Å². The Balaban J connectivity index is 1.74. The maximum absolute atomic E-state index is 10.3. The molecule has 4 nitrogen and oxygen atoms in total. The SMILES string of the molecule is CC(=N)C1CCC2C3=CC(=N)C4CC(O)C(O)CC4(C)C3CCC12C. The van der Waals surface area contributed by atoms with E-state index in [1.54, 1.807) is 0 Å². The minimum absolute atomic E-state index is 0.0608. The van der Waals surface area contributed by atoms with E-state index >= 15 is 0 Å². The summed E-state index contributed by atoms with van der Waals surface area (Å²) in [6.07, 6.45) is 6.32.